The SMILES string of the molecule is O=C(C=Cc1cccc(Cl)c1)NC[C@H]1CCCC[C@@H]1CN1CCN(c2nsc3ccccc23)CC1. The van der Waals surface area contributed by atoms with Crippen LogP contribution in [-0.4, -0.2) is 54.4 Å². The van der Waals surface area contributed by atoms with Crippen molar-refractivity contribution in [3.63, 3.8) is 0 Å². The molecule has 3 aromatic rings. The first-order chi connectivity index (χ1) is 17.2. The Labute approximate surface area is 216 Å². The molecule has 1 amide bonds. The Kier molecular flexibility index (Phi) is 8.02. The van der Waals surface area contributed by atoms with E-state index in [1.165, 1.54) is 35.8 Å². The van der Waals surface area contributed by atoms with Crippen molar-refractivity contribution in [2.75, 3.05) is 44.2 Å². The summed E-state index contributed by atoms with van der Waals surface area (Å²) in [5.41, 5.74) is 0.938. The summed E-state index contributed by atoms with van der Waals surface area (Å²) in [6.07, 6.45) is 8.47. The van der Waals surface area contributed by atoms with Crippen LogP contribution in [0.25, 0.3) is 16.2 Å². The number of rotatable bonds is 7. The molecule has 1 N–H and O–H groups in total. The molecule has 1 aromatic heterocycles. The molecule has 5 nitrogen and oxygen atoms in total. The monoisotopic (exact) mass is 508 g/mol. The summed E-state index contributed by atoms with van der Waals surface area (Å²) in [6.45, 7) is 6.08. The van der Waals surface area contributed by atoms with Gasteiger partial charge in [0.15, 0.2) is 0 Å². The molecule has 0 bridgehead atoms. The van der Waals surface area contributed by atoms with E-state index in [2.05, 4.69) is 39.4 Å². The minimum atomic E-state index is -0.0293. The number of nitrogens with one attached hydrogen (secondary N) is 1. The standard InChI is InChI=1S/C28H33ClN4OS/c29-24-9-5-6-21(18-24)12-13-27(34)30-19-22-7-1-2-8-23(22)20-32-14-16-33(17-15-32)28-25-10-3-4-11-26(25)35-31-28/h3-6,9-13,18,22-23H,1-2,7-8,14-17,19-20H2,(H,30,34)/t22-,23-/m1/s1. The maximum atomic E-state index is 12.4. The third kappa shape index (κ3) is 6.24. The molecule has 184 valence electrons. The van der Waals surface area contributed by atoms with Crippen LogP contribution in [0.2, 0.25) is 5.02 Å². The van der Waals surface area contributed by atoms with Crippen molar-refractivity contribution < 1.29 is 4.79 Å². The maximum absolute atomic E-state index is 12.4. The van der Waals surface area contributed by atoms with Crippen LogP contribution in [-0.2, 0) is 4.79 Å². The number of halogens is 1. The third-order valence-corrected chi connectivity index (χ3v) is 8.46. The van der Waals surface area contributed by atoms with E-state index in [1.54, 1.807) is 17.6 Å². The van der Waals surface area contributed by atoms with Gasteiger partial charge < -0.3 is 10.2 Å². The summed E-state index contributed by atoms with van der Waals surface area (Å²) in [6, 6.07) is 16.1. The second kappa shape index (κ2) is 11.5. The van der Waals surface area contributed by atoms with Crippen molar-refractivity contribution in [2.24, 2.45) is 11.8 Å². The number of piperazine rings is 1. The zero-order valence-corrected chi connectivity index (χ0v) is 21.6. The average Bonchev–Trinajstić information content (AvgIpc) is 3.32. The molecule has 1 aliphatic heterocycles. The van der Waals surface area contributed by atoms with E-state index in [1.807, 2.05) is 30.3 Å². The number of nitrogens with zero attached hydrogens (tertiary/aromatic N) is 3. The molecule has 2 aliphatic rings. The molecule has 1 saturated carbocycles. The number of anilines is 1. The Morgan fingerprint density at radius 2 is 1.86 bits per heavy atom. The lowest BCUT2D eigenvalue weighted by Gasteiger charge is -2.40. The van der Waals surface area contributed by atoms with Gasteiger partial charge in [-0.3, -0.25) is 9.69 Å². The molecule has 7 heteroatoms. The van der Waals surface area contributed by atoms with Gasteiger partial charge in [-0.05, 0) is 72.1 Å². The van der Waals surface area contributed by atoms with E-state index in [0.717, 1.165) is 50.6 Å². The number of fused-ring (bicyclic) bond motifs is 1. The highest BCUT2D eigenvalue weighted by Gasteiger charge is 2.29. The molecule has 0 radical (unpaired) electrons. The minimum Gasteiger partial charge on any atom is -0.353 e. The van der Waals surface area contributed by atoms with Crippen molar-refractivity contribution >= 4 is 51.0 Å². The summed E-state index contributed by atoms with van der Waals surface area (Å²) >= 11 is 7.63. The summed E-state index contributed by atoms with van der Waals surface area (Å²) in [4.78, 5) is 17.5. The third-order valence-electron chi connectivity index (χ3n) is 7.40. The van der Waals surface area contributed by atoms with E-state index in [-0.39, 0.29) is 5.91 Å². The van der Waals surface area contributed by atoms with Gasteiger partial charge in [-0.1, -0.05) is 48.7 Å². The van der Waals surface area contributed by atoms with Gasteiger partial charge in [-0.25, -0.2) is 0 Å². The fraction of sp³-hybridized carbons (Fsp3) is 0.429. The normalized spacial score (nSPS) is 21.6. The number of amides is 1. The van der Waals surface area contributed by atoms with Gasteiger partial charge in [-0.2, -0.15) is 4.37 Å². The van der Waals surface area contributed by atoms with Gasteiger partial charge in [0.2, 0.25) is 5.91 Å². The van der Waals surface area contributed by atoms with Crippen LogP contribution in [0.4, 0.5) is 5.82 Å². The second-order valence-corrected chi connectivity index (χ2v) is 11.0. The molecule has 2 fully saturated rings. The Hall–Kier alpha value is -2.41. The lowest BCUT2D eigenvalue weighted by atomic mass is 9.78. The van der Waals surface area contributed by atoms with Crippen LogP contribution in [0.5, 0.6) is 0 Å². The molecule has 1 saturated heterocycles. The Balaban J connectivity index is 1.11. The van der Waals surface area contributed by atoms with E-state index < -0.39 is 0 Å². The zero-order valence-electron chi connectivity index (χ0n) is 20.0. The van der Waals surface area contributed by atoms with Crippen molar-refractivity contribution in [3.05, 3.63) is 65.2 Å². The van der Waals surface area contributed by atoms with Crippen molar-refractivity contribution in [2.45, 2.75) is 25.7 Å². The first kappa shape index (κ1) is 24.3. The highest BCUT2D eigenvalue weighted by molar-refractivity contribution is 7.13. The Morgan fingerprint density at radius 1 is 1.06 bits per heavy atom. The van der Waals surface area contributed by atoms with Gasteiger partial charge >= 0.3 is 0 Å². The number of carbonyl (C=O) groups is 1. The van der Waals surface area contributed by atoms with Gasteiger partial charge in [0.25, 0.3) is 0 Å². The van der Waals surface area contributed by atoms with Crippen LogP contribution in [0.15, 0.2) is 54.6 Å². The Morgan fingerprint density at radius 3 is 2.69 bits per heavy atom. The number of aromatic nitrogens is 1. The lowest BCUT2D eigenvalue weighted by Crippen LogP contribution is -2.49. The van der Waals surface area contributed by atoms with Gasteiger partial charge in [0.1, 0.15) is 5.82 Å². The average molecular weight is 509 g/mol. The number of carbonyl (C=O) groups excluding carboxylic acids is 1. The molecule has 0 unspecified atom stereocenters. The van der Waals surface area contributed by atoms with E-state index in [0.29, 0.717) is 16.9 Å². The molecule has 1 aliphatic carbocycles. The summed E-state index contributed by atoms with van der Waals surface area (Å²) < 4.78 is 6.01. The first-order valence-corrected chi connectivity index (χ1v) is 13.8. The van der Waals surface area contributed by atoms with Crippen LogP contribution in [0, 0.1) is 11.8 Å². The van der Waals surface area contributed by atoms with E-state index >= 15 is 0 Å². The molecule has 2 aromatic carbocycles. The van der Waals surface area contributed by atoms with Gasteiger partial charge in [-0.15, -0.1) is 0 Å². The van der Waals surface area contributed by atoms with E-state index in [9.17, 15) is 4.79 Å². The number of hydrogen-bond donors (Lipinski definition) is 1. The maximum Gasteiger partial charge on any atom is 0.244 e. The van der Waals surface area contributed by atoms with Crippen LogP contribution in [0.1, 0.15) is 31.2 Å². The molecular formula is C28H33ClN4OS. The molecule has 5 rings (SSSR count). The first-order valence-electron chi connectivity index (χ1n) is 12.7. The van der Waals surface area contributed by atoms with Crippen LogP contribution >= 0.6 is 23.1 Å². The predicted molar refractivity (Wildman–Crippen MR) is 147 cm³/mol. The molecule has 35 heavy (non-hydrogen) atoms. The predicted octanol–water partition coefficient (Wildman–Crippen LogP) is 5.71. The van der Waals surface area contributed by atoms with Crippen molar-refractivity contribution in [1.29, 1.82) is 0 Å². The summed E-state index contributed by atoms with van der Waals surface area (Å²) in [5, 5.41) is 5.11. The van der Waals surface area contributed by atoms with Crippen molar-refractivity contribution in [3.8, 4) is 0 Å². The lowest BCUT2D eigenvalue weighted by molar-refractivity contribution is -0.116. The fourth-order valence-corrected chi connectivity index (χ4v) is 6.44. The largest absolute Gasteiger partial charge is 0.353 e. The van der Waals surface area contributed by atoms with Gasteiger partial charge in [0.05, 0.1) is 4.70 Å². The number of hydrogen-bond acceptors (Lipinski definition) is 5. The Bertz CT molecular complexity index is 1170. The summed E-state index contributed by atoms with van der Waals surface area (Å²) in [5.74, 6) is 2.31. The molecule has 2 heterocycles. The summed E-state index contributed by atoms with van der Waals surface area (Å²) in [7, 11) is 0. The minimum absolute atomic E-state index is 0.0293. The smallest absolute Gasteiger partial charge is 0.244 e. The zero-order chi connectivity index (χ0) is 24.0. The van der Waals surface area contributed by atoms with E-state index in [4.69, 9.17) is 16.0 Å². The van der Waals surface area contributed by atoms with Crippen LogP contribution in [0.3, 0.4) is 0 Å². The van der Waals surface area contributed by atoms with Crippen molar-refractivity contribution in [1.82, 2.24) is 14.6 Å². The highest BCUT2D eigenvalue weighted by atomic mass is 35.5. The quantitative estimate of drug-likeness (QED) is 0.415. The molecule has 0 spiro atoms. The molecule has 2 atom stereocenters. The topological polar surface area (TPSA) is 48.5 Å². The molecular weight excluding hydrogens is 476 g/mol. The highest BCUT2D eigenvalue weighted by Crippen LogP contribution is 2.32. The number of benzene rings is 2. The fourth-order valence-electron chi connectivity index (χ4n) is 5.44. The second-order valence-electron chi connectivity index (χ2n) is 9.73. The van der Waals surface area contributed by atoms with Gasteiger partial charge in [0, 0.05) is 55.8 Å². The van der Waals surface area contributed by atoms with Crippen LogP contribution < -0.4 is 10.2 Å².